The largest absolute Gasteiger partial charge is 0.356 e. The molecule has 0 aliphatic rings. The highest BCUT2D eigenvalue weighted by Crippen LogP contribution is 2.20. The number of H-pyrrole nitrogens is 1. The number of hydrogen-bond donors (Lipinski definition) is 3. The summed E-state index contributed by atoms with van der Waals surface area (Å²) in [5.41, 5.74) is 2.74. The Hall–Kier alpha value is -2.80. The normalized spacial score (nSPS) is 10.7. The van der Waals surface area contributed by atoms with E-state index in [0.717, 1.165) is 22.9 Å². The zero-order valence-electron chi connectivity index (χ0n) is 14.7. The summed E-state index contributed by atoms with van der Waals surface area (Å²) >= 11 is 1.31. The Morgan fingerprint density at radius 3 is 2.35 bits per heavy atom. The van der Waals surface area contributed by atoms with Crippen LogP contribution in [0.2, 0.25) is 0 Å². The summed E-state index contributed by atoms with van der Waals surface area (Å²) in [4.78, 5) is 16.4. The van der Waals surface area contributed by atoms with Crippen molar-refractivity contribution in [2.24, 2.45) is 0 Å². The van der Waals surface area contributed by atoms with Gasteiger partial charge in [-0.15, -0.1) is 5.10 Å². The van der Waals surface area contributed by atoms with E-state index in [1.165, 1.54) is 11.8 Å². The van der Waals surface area contributed by atoms with Gasteiger partial charge in [-0.1, -0.05) is 43.8 Å². The second-order valence-electron chi connectivity index (χ2n) is 6.06. The van der Waals surface area contributed by atoms with Crippen LogP contribution >= 0.6 is 11.8 Å². The molecule has 0 unspecified atom stereocenters. The van der Waals surface area contributed by atoms with Crippen molar-refractivity contribution >= 4 is 34.7 Å². The molecule has 0 spiro atoms. The maximum Gasteiger partial charge on any atom is 0.234 e. The quantitative estimate of drug-likeness (QED) is 0.539. The Balaban J connectivity index is 1.49. The molecule has 0 aliphatic carbocycles. The highest BCUT2D eigenvalue weighted by Gasteiger charge is 2.10. The van der Waals surface area contributed by atoms with E-state index in [1.54, 1.807) is 0 Å². The maximum atomic E-state index is 12.1. The lowest BCUT2D eigenvalue weighted by atomic mass is 10.2. The van der Waals surface area contributed by atoms with E-state index in [1.807, 2.05) is 68.4 Å². The monoisotopic (exact) mass is 367 g/mol. The van der Waals surface area contributed by atoms with E-state index in [-0.39, 0.29) is 17.6 Å². The fraction of sp³-hybridized carbons (Fsp3) is 0.211. The smallest absolute Gasteiger partial charge is 0.234 e. The standard InChI is InChI=1S/C19H21N5OS/c1-13(2)18-22-19(24-23-18)26-12-17(25)21-16-10-8-15(9-11-16)20-14-6-4-3-5-7-14/h3-11,13,20H,12H2,1-2H3,(H,21,25)(H,22,23,24). The summed E-state index contributed by atoms with van der Waals surface area (Å²) in [6.45, 7) is 4.08. The number of carbonyl (C=O) groups is 1. The first-order chi connectivity index (χ1) is 12.6. The van der Waals surface area contributed by atoms with Crippen LogP contribution in [0, 0.1) is 0 Å². The van der Waals surface area contributed by atoms with Crippen molar-refractivity contribution in [3.63, 3.8) is 0 Å². The van der Waals surface area contributed by atoms with Gasteiger partial charge in [0.1, 0.15) is 5.82 Å². The minimum atomic E-state index is -0.0883. The highest BCUT2D eigenvalue weighted by atomic mass is 32.2. The average molecular weight is 367 g/mol. The maximum absolute atomic E-state index is 12.1. The Labute approximate surface area is 156 Å². The highest BCUT2D eigenvalue weighted by molar-refractivity contribution is 7.99. The topological polar surface area (TPSA) is 82.7 Å². The van der Waals surface area contributed by atoms with Crippen LogP contribution in [0.15, 0.2) is 59.8 Å². The van der Waals surface area contributed by atoms with Gasteiger partial charge in [0.2, 0.25) is 11.1 Å². The number of carbonyl (C=O) groups excluding carboxylic acids is 1. The summed E-state index contributed by atoms with van der Waals surface area (Å²) in [6, 6.07) is 17.5. The van der Waals surface area contributed by atoms with Crippen molar-refractivity contribution in [3.05, 3.63) is 60.4 Å². The van der Waals surface area contributed by atoms with Crippen LogP contribution in [0.1, 0.15) is 25.6 Å². The van der Waals surface area contributed by atoms with Crippen molar-refractivity contribution in [3.8, 4) is 0 Å². The number of aromatic amines is 1. The van der Waals surface area contributed by atoms with Crippen molar-refractivity contribution < 1.29 is 4.79 Å². The summed E-state index contributed by atoms with van der Waals surface area (Å²) < 4.78 is 0. The van der Waals surface area contributed by atoms with Gasteiger partial charge in [0, 0.05) is 23.0 Å². The third-order valence-electron chi connectivity index (χ3n) is 3.59. The number of nitrogens with zero attached hydrogens (tertiary/aromatic N) is 2. The number of rotatable bonds is 7. The predicted molar refractivity (Wildman–Crippen MR) is 106 cm³/mol. The van der Waals surface area contributed by atoms with Crippen molar-refractivity contribution in [1.29, 1.82) is 0 Å². The fourth-order valence-electron chi connectivity index (χ4n) is 2.23. The third kappa shape index (κ3) is 5.10. The van der Waals surface area contributed by atoms with Crippen LogP contribution in [0.5, 0.6) is 0 Å². The molecule has 0 fully saturated rings. The molecule has 3 rings (SSSR count). The van der Waals surface area contributed by atoms with Crippen LogP contribution in [-0.2, 0) is 4.79 Å². The second-order valence-corrected chi connectivity index (χ2v) is 7.01. The Morgan fingerprint density at radius 2 is 1.69 bits per heavy atom. The number of amides is 1. The van der Waals surface area contributed by atoms with Gasteiger partial charge >= 0.3 is 0 Å². The molecule has 2 aromatic carbocycles. The SMILES string of the molecule is CC(C)c1nc(SCC(=O)Nc2ccc(Nc3ccccc3)cc2)n[nH]1. The number of nitrogens with one attached hydrogen (secondary N) is 3. The first kappa shape index (κ1) is 18.0. The van der Waals surface area contributed by atoms with Gasteiger partial charge in [-0.25, -0.2) is 4.98 Å². The molecule has 0 aliphatic heterocycles. The van der Waals surface area contributed by atoms with Gasteiger partial charge in [-0.3, -0.25) is 9.89 Å². The predicted octanol–water partition coefficient (Wildman–Crippen LogP) is 4.40. The molecule has 0 atom stereocenters. The summed E-state index contributed by atoms with van der Waals surface area (Å²) in [7, 11) is 0. The first-order valence-electron chi connectivity index (χ1n) is 8.37. The van der Waals surface area contributed by atoms with Crippen LogP contribution in [0.3, 0.4) is 0 Å². The number of benzene rings is 2. The molecule has 7 heteroatoms. The molecule has 1 heterocycles. The number of para-hydroxylation sites is 1. The molecule has 3 N–H and O–H groups in total. The van der Waals surface area contributed by atoms with E-state index >= 15 is 0 Å². The van der Waals surface area contributed by atoms with E-state index in [2.05, 4.69) is 25.8 Å². The van der Waals surface area contributed by atoms with Gasteiger partial charge in [-0.2, -0.15) is 0 Å². The van der Waals surface area contributed by atoms with Crippen LogP contribution in [-0.4, -0.2) is 26.8 Å². The molecule has 6 nitrogen and oxygen atoms in total. The molecule has 0 bridgehead atoms. The molecule has 26 heavy (non-hydrogen) atoms. The molecular weight excluding hydrogens is 346 g/mol. The van der Waals surface area contributed by atoms with Gasteiger partial charge in [0.25, 0.3) is 0 Å². The average Bonchev–Trinajstić information content (AvgIpc) is 3.12. The molecule has 0 saturated heterocycles. The van der Waals surface area contributed by atoms with Crippen molar-refractivity contribution in [1.82, 2.24) is 15.2 Å². The van der Waals surface area contributed by atoms with Crippen LogP contribution in [0.25, 0.3) is 0 Å². The van der Waals surface area contributed by atoms with Gasteiger partial charge < -0.3 is 10.6 Å². The molecule has 1 amide bonds. The lowest BCUT2D eigenvalue weighted by molar-refractivity contribution is -0.113. The van der Waals surface area contributed by atoms with E-state index in [4.69, 9.17) is 0 Å². The van der Waals surface area contributed by atoms with Gasteiger partial charge in [-0.05, 0) is 36.4 Å². The number of hydrogen-bond acceptors (Lipinski definition) is 5. The lowest BCUT2D eigenvalue weighted by Gasteiger charge is -2.08. The lowest BCUT2D eigenvalue weighted by Crippen LogP contribution is -2.14. The molecule has 3 aromatic rings. The molecule has 1 aromatic heterocycles. The number of anilines is 3. The van der Waals surface area contributed by atoms with Crippen LogP contribution < -0.4 is 10.6 Å². The van der Waals surface area contributed by atoms with E-state index < -0.39 is 0 Å². The summed E-state index contributed by atoms with van der Waals surface area (Å²) in [6.07, 6.45) is 0. The number of aromatic nitrogens is 3. The summed E-state index contributed by atoms with van der Waals surface area (Å²) in [5, 5.41) is 13.8. The first-order valence-corrected chi connectivity index (χ1v) is 9.36. The molecule has 0 radical (unpaired) electrons. The molecule has 134 valence electrons. The van der Waals surface area contributed by atoms with E-state index in [9.17, 15) is 4.79 Å². The fourth-order valence-corrected chi connectivity index (χ4v) is 2.84. The molecule has 0 saturated carbocycles. The zero-order valence-corrected chi connectivity index (χ0v) is 15.5. The van der Waals surface area contributed by atoms with E-state index in [0.29, 0.717) is 5.16 Å². The Bertz CT molecular complexity index is 846. The zero-order chi connectivity index (χ0) is 18.4. The second kappa shape index (κ2) is 8.53. The Kier molecular flexibility index (Phi) is 5.91. The van der Waals surface area contributed by atoms with Crippen LogP contribution in [0.4, 0.5) is 17.1 Å². The van der Waals surface area contributed by atoms with Crippen molar-refractivity contribution in [2.75, 3.05) is 16.4 Å². The minimum Gasteiger partial charge on any atom is -0.356 e. The minimum absolute atomic E-state index is 0.0883. The van der Waals surface area contributed by atoms with Gasteiger partial charge in [0.15, 0.2) is 0 Å². The number of thioether (sulfide) groups is 1. The third-order valence-corrected chi connectivity index (χ3v) is 4.44. The van der Waals surface area contributed by atoms with Crippen molar-refractivity contribution in [2.45, 2.75) is 24.9 Å². The van der Waals surface area contributed by atoms with Gasteiger partial charge in [0.05, 0.1) is 5.75 Å². The summed E-state index contributed by atoms with van der Waals surface area (Å²) in [5.74, 6) is 1.29. The Morgan fingerprint density at radius 1 is 1.04 bits per heavy atom. The molecular formula is C19H21N5OS.